The number of amides is 1. The van der Waals surface area contributed by atoms with Crippen LogP contribution in [0.4, 0.5) is 5.82 Å². The molecule has 1 saturated carbocycles. The van der Waals surface area contributed by atoms with Crippen molar-refractivity contribution in [3.63, 3.8) is 0 Å². The molecule has 2 aromatic rings. The van der Waals surface area contributed by atoms with Crippen LogP contribution in [0.3, 0.4) is 0 Å². The maximum Gasteiger partial charge on any atom is 0.252 e. The highest BCUT2D eigenvalue weighted by Crippen LogP contribution is 2.30. The molecule has 5 rings (SSSR count). The number of hydrogen-bond donors (Lipinski definition) is 2. The number of carbonyl (C=O) groups excluding carboxylic acids is 1. The summed E-state index contributed by atoms with van der Waals surface area (Å²) in [6.07, 6.45) is 8.66. The quantitative estimate of drug-likeness (QED) is 0.648. The van der Waals surface area contributed by atoms with Crippen molar-refractivity contribution in [3.8, 4) is 0 Å². The number of likely N-dealkylation sites (tertiary alicyclic amines) is 1. The summed E-state index contributed by atoms with van der Waals surface area (Å²) in [5.41, 5.74) is 7.59. The zero-order valence-electron chi connectivity index (χ0n) is 20.7. The van der Waals surface area contributed by atoms with Crippen LogP contribution in [0.15, 0.2) is 30.3 Å². The van der Waals surface area contributed by atoms with Crippen molar-refractivity contribution in [1.29, 1.82) is 0 Å². The van der Waals surface area contributed by atoms with E-state index in [-0.39, 0.29) is 5.91 Å². The van der Waals surface area contributed by atoms with Crippen LogP contribution in [-0.4, -0.2) is 61.1 Å². The Morgan fingerprint density at radius 3 is 2.53 bits per heavy atom. The highest BCUT2D eigenvalue weighted by Gasteiger charge is 2.26. The number of nitrogens with zero attached hydrogens (tertiary/aromatic N) is 3. The fraction of sp³-hybridized carbons (Fsp3) is 0.643. The minimum Gasteiger partial charge on any atom is -0.357 e. The van der Waals surface area contributed by atoms with E-state index in [0.717, 1.165) is 66.8 Å². The summed E-state index contributed by atoms with van der Waals surface area (Å²) in [5.74, 6) is 3.20. The van der Waals surface area contributed by atoms with E-state index < -0.39 is 0 Å². The van der Waals surface area contributed by atoms with Gasteiger partial charge in [0, 0.05) is 44.2 Å². The zero-order valence-corrected chi connectivity index (χ0v) is 20.7. The highest BCUT2D eigenvalue weighted by atomic mass is 16.1. The van der Waals surface area contributed by atoms with Crippen LogP contribution in [0, 0.1) is 17.8 Å². The third-order valence-electron chi connectivity index (χ3n) is 8.41. The Balaban J connectivity index is 1.22. The smallest absolute Gasteiger partial charge is 0.252 e. The number of pyridine rings is 1. The summed E-state index contributed by atoms with van der Waals surface area (Å²) in [5, 5.41) is 4.20. The Hall–Kier alpha value is -2.18. The summed E-state index contributed by atoms with van der Waals surface area (Å²) in [6.45, 7) is 8.44. The van der Waals surface area contributed by atoms with Crippen LogP contribution >= 0.6 is 0 Å². The predicted octanol–water partition coefficient (Wildman–Crippen LogP) is 4.04. The van der Waals surface area contributed by atoms with Gasteiger partial charge < -0.3 is 20.9 Å². The molecule has 3 N–H and O–H groups in total. The van der Waals surface area contributed by atoms with Crippen molar-refractivity contribution in [2.75, 3.05) is 44.2 Å². The Kier molecular flexibility index (Phi) is 7.35. The van der Waals surface area contributed by atoms with Crippen molar-refractivity contribution < 1.29 is 4.79 Å². The molecule has 3 aliphatic rings. The molecule has 1 aliphatic carbocycles. The average Bonchev–Trinajstić information content (AvgIpc) is 2.85. The fourth-order valence-electron chi connectivity index (χ4n) is 5.99. The number of carbonyl (C=O) groups is 1. The van der Waals surface area contributed by atoms with Crippen LogP contribution < -0.4 is 16.0 Å². The molecule has 0 bridgehead atoms. The first-order valence-electron chi connectivity index (χ1n) is 13.5. The molecule has 0 atom stereocenters. The van der Waals surface area contributed by atoms with Gasteiger partial charge >= 0.3 is 0 Å². The van der Waals surface area contributed by atoms with Gasteiger partial charge in [0.1, 0.15) is 5.82 Å². The van der Waals surface area contributed by atoms with E-state index in [2.05, 4.69) is 22.0 Å². The van der Waals surface area contributed by atoms with E-state index in [9.17, 15) is 4.79 Å². The molecule has 1 aromatic carbocycles. The molecule has 0 spiro atoms. The van der Waals surface area contributed by atoms with Crippen molar-refractivity contribution in [2.24, 2.45) is 23.5 Å². The molecular formula is C28H41N5O. The summed E-state index contributed by atoms with van der Waals surface area (Å²) in [7, 11) is 0. The van der Waals surface area contributed by atoms with Gasteiger partial charge in [-0.15, -0.1) is 0 Å². The number of aromatic nitrogens is 1. The maximum absolute atomic E-state index is 13.3. The third-order valence-corrected chi connectivity index (χ3v) is 8.41. The summed E-state index contributed by atoms with van der Waals surface area (Å²) < 4.78 is 0. The van der Waals surface area contributed by atoms with Gasteiger partial charge in [0.05, 0.1) is 11.1 Å². The molecule has 6 heteroatoms. The minimum atomic E-state index is 0.0427. The van der Waals surface area contributed by atoms with Gasteiger partial charge in [0.15, 0.2) is 0 Å². The van der Waals surface area contributed by atoms with E-state index in [0.29, 0.717) is 12.0 Å². The van der Waals surface area contributed by atoms with Gasteiger partial charge in [-0.2, -0.15) is 0 Å². The topological polar surface area (TPSA) is 74.5 Å². The van der Waals surface area contributed by atoms with Crippen molar-refractivity contribution in [2.45, 2.75) is 57.9 Å². The van der Waals surface area contributed by atoms with Gasteiger partial charge in [-0.05, 0) is 68.5 Å². The van der Waals surface area contributed by atoms with Crippen LogP contribution in [0.1, 0.15) is 62.2 Å². The first kappa shape index (κ1) is 23.6. The van der Waals surface area contributed by atoms with E-state index in [1.807, 2.05) is 30.3 Å². The Bertz CT molecular complexity index is 972. The van der Waals surface area contributed by atoms with Gasteiger partial charge in [-0.25, -0.2) is 4.98 Å². The Labute approximate surface area is 204 Å². The normalized spacial score (nSPS) is 24.8. The fourth-order valence-corrected chi connectivity index (χ4v) is 5.99. The number of hydrogen-bond acceptors (Lipinski definition) is 5. The largest absolute Gasteiger partial charge is 0.357 e. The molecule has 0 radical (unpaired) electrons. The second-order valence-electron chi connectivity index (χ2n) is 11.1. The lowest BCUT2D eigenvalue weighted by atomic mass is 9.83. The van der Waals surface area contributed by atoms with Crippen LogP contribution in [0.25, 0.3) is 10.9 Å². The number of anilines is 1. The number of benzene rings is 1. The lowest BCUT2D eigenvalue weighted by Gasteiger charge is -2.39. The molecular weight excluding hydrogens is 422 g/mol. The van der Waals surface area contributed by atoms with Crippen LogP contribution in [0.5, 0.6) is 0 Å². The van der Waals surface area contributed by atoms with E-state index >= 15 is 0 Å². The second-order valence-corrected chi connectivity index (χ2v) is 11.1. The molecule has 2 aliphatic heterocycles. The number of para-hydroxylation sites is 1. The lowest BCUT2D eigenvalue weighted by molar-refractivity contribution is 0.0943. The van der Waals surface area contributed by atoms with E-state index in [1.165, 1.54) is 51.5 Å². The van der Waals surface area contributed by atoms with E-state index in [4.69, 9.17) is 10.7 Å². The lowest BCUT2D eigenvalue weighted by Crippen LogP contribution is -2.55. The predicted molar refractivity (Wildman–Crippen MR) is 139 cm³/mol. The number of rotatable bonds is 7. The zero-order chi connectivity index (χ0) is 23.5. The molecule has 3 fully saturated rings. The maximum atomic E-state index is 13.3. The summed E-state index contributed by atoms with van der Waals surface area (Å²) in [4.78, 5) is 23.1. The number of nitrogens with two attached hydrogens (primary N) is 1. The molecule has 184 valence electrons. The number of fused-ring (bicyclic) bond motifs is 1. The van der Waals surface area contributed by atoms with Gasteiger partial charge in [0.2, 0.25) is 0 Å². The first-order valence-corrected chi connectivity index (χ1v) is 13.5. The van der Waals surface area contributed by atoms with Gasteiger partial charge in [-0.1, -0.05) is 38.0 Å². The third kappa shape index (κ3) is 5.55. The van der Waals surface area contributed by atoms with Crippen molar-refractivity contribution >= 4 is 22.6 Å². The summed E-state index contributed by atoms with van der Waals surface area (Å²) >= 11 is 0. The number of nitrogens with one attached hydrogen (secondary N) is 1. The van der Waals surface area contributed by atoms with E-state index in [1.54, 1.807) is 0 Å². The minimum absolute atomic E-state index is 0.0427. The van der Waals surface area contributed by atoms with Gasteiger partial charge in [0.25, 0.3) is 5.91 Å². The molecule has 2 saturated heterocycles. The molecule has 6 nitrogen and oxygen atoms in total. The Morgan fingerprint density at radius 2 is 1.79 bits per heavy atom. The Morgan fingerprint density at radius 1 is 1.06 bits per heavy atom. The monoisotopic (exact) mass is 463 g/mol. The molecule has 0 unspecified atom stereocenters. The van der Waals surface area contributed by atoms with Crippen molar-refractivity contribution in [1.82, 2.24) is 15.2 Å². The highest BCUT2D eigenvalue weighted by molar-refractivity contribution is 6.07. The van der Waals surface area contributed by atoms with Crippen LogP contribution in [0.2, 0.25) is 0 Å². The van der Waals surface area contributed by atoms with Crippen molar-refractivity contribution in [3.05, 3.63) is 35.9 Å². The molecule has 1 aromatic heterocycles. The molecule has 1 amide bonds. The average molecular weight is 464 g/mol. The molecule has 34 heavy (non-hydrogen) atoms. The standard InChI is InChI=1S/C28H41N5O/c1-20-6-8-22(9-7-20)17-30-28(34)25-16-27(31-26-5-3-2-4-24(25)26)33-14-11-21(12-15-33)10-13-32-18-23(29)19-32/h2-5,16,20-23H,6-15,17-19,29H2,1H3,(H,30,34). The SMILES string of the molecule is CC1CCC(CNC(=O)c2cc(N3CCC(CCN4CC(N)C4)CC3)nc3ccccc23)CC1. The van der Waals surface area contributed by atoms with Crippen LogP contribution in [-0.2, 0) is 0 Å². The first-order chi connectivity index (χ1) is 16.5. The summed E-state index contributed by atoms with van der Waals surface area (Å²) in [6, 6.07) is 10.5. The molecule has 3 heterocycles. The van der Waals surface area contributed by atoms with Gasteiger partial charge in [-0.3, -0.25) is 4.79 Å². The number of piperidine rings is 1. The second kappa shape index (κ2) is 10.6.